The van der Waals surface area contributed by atoms with Gasteiger partial charge in [-0.25, -0.2) is 23.2 Å². The molecule has 2 fully saturated rings. The van der Waals surface area contributed by atoms with E-state index in [0.717, 1.165) is 35.0 Å². The number of H-pyrrole nitrogens is 1. The summed E-state index contributed by atoms with van der Waals surface area (Å²) in [6.45, 7) is 14.6. The molecule has 0 spiro atoms. The second-order valence-corrected chi connectivity index (χ2v) is 19.3. The van der Waals surface area contributed by atoms with Gasteiger partial charge in [-0.05, 0) is 139 Å². The molecular weight excluding hydrogens is 831 g/mol. The maximum atomic E-state index is 16.3. The predicted octanol–water partition coefficient (Wildman–Crippen LogP) is 8.59. The van der Waals surface area contributed by atoms with Gasteiger partial charge in [0.15, 0.2) is 11.6 Å². The Kier molecular flexibility index (Phi) is 8.94. The number of nitrogens with zero attached hydrogens (tertiary/aromatic N) is 9. The van der Waals surface area contributed by atoms with E-state index >= 15 is 13.6 Å². The molecule has 16 heteroatoms. The third-order valence-electron chi connectivity index (χ3n) is 14.3. The normalized spacial score (nSPS) is 18.7. The van der Waals surface area contributed by atoms with Crippen molar-refractivity contribution in [1.82, 2.24) is 48.7 Å². The van der Waals surface area contributed by atoms with Crippen molar-refractivity contribution in [3.05, 3.63) is 128 Å². The Morgan fingerprint density at radius 1 is 0.954 bits per heavy atom. The summed E-state index contributed by atoms with van der Waals surface area (Å²) >= 11 is 0. The molecule has 8 aromatic rings. The number of hydrogen-bond donors (Lipinski definition) is 1. The standard InChI is InChI=1S/C49H50F2N10O4/c1-26-19-32(20-27(2)40(26)50)61-43(42-28(3)58(25-52-42)37-12-11-36-33(41(37)51)24-53-57(36)8)39-34(55-61)13-17-59(48(39,6)7)44(62)38-22-31-21-29(30-14-18-64-47(4,5)23-30)9-10-35(31)60(38)49(15-16-49)45-54-46(63)65-56-45/h9-12,19-22,24-25,30H,13-18,23H2,1-8H3,(H,54,56,63)/t30-/m0/s1. The Balaban J connectivity index is 1.07. The number of benzene rings is 3. The molecule has 0 bridgehead atoms. The van der Waals surface area contributed by atoms with Crippen LogP contribution in [0.15, 0.2) is 70.4 Å². The van der Waals surface area contributed by atoms with Gasteiger partial charge in [0.1, 0.15) is 34.8 Å². The molecule has 14 nitrogen and oxygen atoms in total. The van der Waals surface area contributed by atoms with Gasteiger partial charge in [0.05, 0.1) is 45.3 Å². The van der Waals surface area contributed by atoms with Crippen molar-refractivity contribution in [2.45, 2.75) is 103 Å². The van der Waals surface area contributed by atoms with Crippen LogP contribution in [0.3, 0.4) is 0 Å². The SMILES string of the molecule is Cc1cc(-n2nc3c(c2-c2ncn(-c4ccc5c(cnn5C)c4F)c2C)C(C)(C)N(C(=O)c2cc4cc([C@H]5CCOC(C)(C)C5)ccc4n2C2(c4noc(=O)[nH]4)CC2)CC3)cc(C)c1F. The first kappa shape index (κ1) is 41.1. The van der Waals surface area contributed by atoms with E-state index in [9.17, 15) is 4.79 Å². The molecule has 1 saturated carbocycles. The number of fused-ring (bicyclic) bond motifs is 3. The van der Waals surface area contributed by atoms with E-state index in [4.69, 9.17) is 19.3 Å². The molecule has 7 heterocycles. The number of carbonyl (C=O) groups is 1. The summed E-state index contributed by atoms with van der Waals surface area (Å²) in [6, 6.07) is 15.5. The van der Waals surface area contributed by atoms with E-state index in [1.807, 2.05) is 37.8 Å². The van der Waals surface area contributed by atoms with Crippen LogP contribution in [-0.2, 0) is 29.3 Å². The molecule has 1 atom stereocenters. The van der Waals surface area contributed by atoms with E-state index in [-0.39, 0.29) is 23.2 Å². The summed E-state index contributed by atoms with van der Waals surface area (Å²) in [5.41, 5.74) is 6.36. The Labute approximate surface area is 372 Å². The Morgan fingerprint density at radius 3 is 2.42 bits per heavy atom. The van der Waals surface area contributed by atoms with Crippen LogP contribution in [0, 0.1) is 32.4 Å². The van der Waals surface area contributed by atoms with Gasteiger partial charge in [0, 0.05) is 48.8 Å². The molecule has 11 rings (SSSR count). The summed E-state index contributed by atoms with van der Waals surface area (Å²) in [5, 5.41) is 15.0. The average molecular weight is 881 g/mol. The number of carbonyl (C=O) groups excluding carboxylic acids is 1. The molecule has 334 valence electrons. The number of nitrogens with one attached hydrogen (secondary N) is 1. The van der Waals surface area contributed by atoms with Gasteiger partial charge in [-0.3, -0.25) is 23.6 Å². The molecule has 1 saturated heterocycles. The van der Waals surface area contributed by atoms with Crippen LogP contribution in [0.25, 0.3) is 44.6 Å². The maximum Gasteiger partial charge on any atom is 0.438 e. The molecule has 0 unspecified atom stereocenters. The lowest BCUT2D eigenvalue weighted by atomic mass is 9.83. The molecule has 3 aromatic carbocycles. The van der Waals surface area contributed by atoms with Crippen molar-refractivity contribution >= 4 is 27.7 Å². The minimum atomic E-state index is -0.989. The van der Waals surface area contributed by atoms with E-state index in [1.165, 1.54) is 11.8 Å². The average Bonchev–Trinajstić information content (AvgIpc) is 3.73. The molecule has 1 N–H and O–H groups in total. The monoisotopic (exact) mass is 880 g/mol. The van der Waals surface area contributed by atoms with Gasteiger partial charge < -0.3 is 14.2 Å². The molecule has 1 amide bonds. The molecule has 0 radical (unpaired) electrons. The minimum absolute atomic E-state index is 0.205. The Bertz CT molecular complexity index is 3310. The Morgan fingerprint density at radius 2 is 1.71 bits per heavy atom. The molecule has 5 aromatic heterocycles. The fourth-order valence-corrected chi connectivity index (χ4v) is 10.8. The van der Waals surface area contributed by atoms with Crippen molar-refractivity contribution in [2.75, 3.05) is 13.2 Å². The highest BCUT2D eigenvalue weighted by Gasteiger charge is 2.53. The van der Waals surface area contributed by atoms with Gasteiger partial charge in [-0.15, -0.1) is 0 Å². The quantitative estimate of drug-likeness (QED) is 0.168. The van der Waals surface area contributed by atoms with Gasteiger partial charge in [-0.1, -0.05) is 11.2 Å². The lowest BCUT2D eigenvalue weighted by molar-refractivity contribution is -0.0592. The first-order chi connectivity index (χ1) is 31.0. The lowest BCUT2D eigenvalue weighted by Gasteiger charge is -2.42. The Hall–Kier alpha value is -6.68. The van der Waals surface area contributed by atoms with Gasteiger partial charge >= 0.3 is 5.76 Å². The van der Waals surface area contributed by atoms with Crippen LogP contribution in [-0.4, -0.2) is 73.4 Å². The summed E-state index contributed by atoms with van der Waals surface area (Å²) in [4.78, 5) is 37.7. The summed E-state index contributed by atoms with van der Waals surface area (Å²) < 4.78 is 49.8. The molecule has 2 aliphatic heterocycles. The second kappa shape index (κ2) is 14.2. The van der Waals surface area contributed by atoms with Crippen LogP contribution >= 0.6 is 0 Å². The third-order valence-corrected chi connectivity index (χ3v) is 14.3. The van der Waals surface area contributed by atoms with Crippen LogP contribution in [0.5, 0.6) is 0 Å². The molecule has 65 heavy (non-hydrogen) atoms. The van der Waals surface area contributed by atoms with E-state index < -0.39 is 22.7 Å². The molecule has 3 aliphatic rings. The first-order valence-electron chi connectivity index (χ1n) is 22.2. The van der Waals surface area contributed by atoms with Gasteiger partial charge in [0.25, 0.3) is 5.91 Å². The molecular formula is C49H50F2N10O4. The first-order valence-corrected chi connectivity index (χ1v) is 22.2. The van der Waals surface area contributed by atoms with E-state index in [0.29, 0.717) is 94.4 Å². The van der Waals surface area contributed by atoms with E-state index in [1.54, 1.807) is 59.4 Å². The lowest BCUT2D eigenvalue weighted by Crippen LogP contribution is -2.50. The highest BCUT2D eigenvalue weighted by atomic mass is 19.1. The van der Waals surface area contributed by atoms with E-state index in [2.05, 4.69) is 51.9 Å². The van der Waals surface area contributed by atoms with Gasteiger partial charge in [-0.2, -0.15) is 10.2 Å². The van der Waals surface area contributed by atoms with Crippen molar-refractivity contribution < 1.29 is 22.8 Å². The van der Waals surface area contributed by atoms with Crippen LogP contribution in [0.4, 0.5) is 8.78 Å². The smallest absolute Gasteiger partial charge is 0.376 e. The van der Waals surface area contributed by atoms with Crippen molar-refractivity contribution in [2.24, 2.45) is 7.05 Å². The number of hydrogen-bond acceptors (Lipinski definition) is 8. The van der Waals surface area contributed by atoms with Crippen LogP contribution in [0.2, 0.25) is 0 Å². The number of halogens is 2. The van der Waals surface area contributed by atoms with Crippen molar-refractivity contribution in [1.29, 1.82) is 0 Å². The topological polar surface area (TPSA) is 147 Å². The fourth-order valence-electron chi connectivity index (χ4n) is 10.8. The molecule has 1 aliphatic carbocycles. The maximum absolute atomic E-state index is 16.3. The van der Waals surface area contributed by atoms with Crippen molar-refractivity contribution in [3.63, 3.8) is 0 Å². The van der Waals surface area contributed by atoms with Crippen LogP contribution in [0.1, 0.15) is 109 Å². The number of aromatic amines is 1. The number of aromatic nitrogens is 9. The zero-order valence-corrected chi connectivity index (χ0v) is 37.7. The zero-order valence-electron chi connectivity index (χ0n) is 37.7. The second-order valence-electron chi connectivity index (χ2n) is 19.3. The van der Waals surface area contributed by atoms with Crippen LogP contribution < -0.4 is 5.76 Å². The zero-order chi connectivity index (χ0) is 45.5. The number of ether oxygens (including phenoxy) is 1. The highest BCUT2D eigenvalue weighted by Crippen LogP contribution is 2.52. The number of aryl methyl sites for hydroxylation is 3. The third kappa shape index (κ3) is 6.19. The number of amides is 1. The predicted molar refractivity (Wildman–Crippen MR) is 240 cm³/mol. The fraction of sp³-hybridized carbons (Fsp3) is 0.388. The minimum Gasteiger partial charge on any atom is -0.376 e. The largest absolute Gasteiger partial charge is 0.438 e. The van der Waals surface area contributed by atoms with Crippen molar-refractivity contribution in [3.8, 4) is 22.8 Å². The summed E-state index contributed by atoms with van der Waals surface area (Å²) in [5.74, 6) is -0.918. The summed E-state index contributed by atoms with van der Waals surface area (Å²) in [6.07, 6.45) is 6.60. The highest BCUT2D eigenvalue weighted by molar-refractivity contribution is 6.00. The number of imidazole rings is 1. The summed E-state index contributed by atoms with van der Waals surface area (Å²) in [7, 11) is 1.77. The van der Waals surface area contributed by atoms with Gasteiger partial charge in [0.2, 0.25) is 0 Å². The number of rotatable bonds is 7.